The minimum Gasteiger partial charge on any atom is -0.384 e. The van der Waals surface area contributed by atoms with Crippen molar-refractivity contribution in [2.24, 2.45) is 11.1 Å². The van der Waals surface area contributed by atoms with Crippen LogP contribution in [-0.4, -0.2) is 5.78 Å². The highest BCUT2D eigenvalue weighted by Gasteiger charge is 2.45. The topological polar surface area (TPSA) is 70.1 Å². The van der Waals surface area contributed by atoms with Crippen LogP contribution < -0.4 is 10.6 Å². The molecule has 2 heterocycles. The molecule has 2 aliphatic rings. The van der Waals surface area contributed by atoms with Gasteiger partial charge in [0.25, 0.3) is 0 Å². The molecule has 0 unspecified atom stereocenters. The highest BCUT2D eigenvalue weighted by atomic mass is 79.9. The molecule has 1 aromatic heterocycles. The Hall–Kier alpha value is -2.36. The second-order valence-electron chi connectivity index (χ2n) is 8.62. The molecular formula is C24H24BrN3OS. The molecule has 4 nitrogen and oxygen atoms in total. The van der Waals surface area contributed by atoms with E-state index >= 15 is 0 Å². The summed E-state index contributed by atoms with van der Waals surface area (Å²) in [4.78, 5) is 17.6. The number of nitriles is 1. The van der Waals surface area contributed by atoms with Crippen LogP contribution in [0.5, 0.6) is 0 Å². The molecule has 0 bridgehead atoms. The molecule has 154 valence electrons. The van der Waals surface area contributed by atoms with Crippen molar-refractivity contribution in [2.75, 3.05) is 4.90 Å². The normalized spacial score (nSPS) is 21.0. The average molecular weight is 482 g/mol. The molecule has 2 aromatic rings. The Balaban J connectivity index is 1.99. The van der Waals surface area contributed by atoms with Crippen LogP contribution >= 0.6 is 27.3 Å². The predicted octanol–water partition coefficient (Wildman–Crippen LogP) is 6.01. The van der Waals surface area contributed by atoms with Gasteiger partial charge in [-0.25, -0.2) is 0 Å². The van der Waals surface area contributed by atoms with Gasteiger partial charge in [0.05, 0.1) is 17.6 Å². The summed E-state index contributed by atoms with van der Waals surface area (Å²) >= 11 is 5.20. The third-order valence-electron chi connectivity index (χ3n) is 5.76. The van der Waals surface area contributed by atoms with Gasteiger partial charge in [0.1, 0.15) is 5.82 Å². The van der Waals surface area contributed by atoms with Gasteiger partial charge in [0.2, 0.25) is 0 Å². The van der Waals surface area contributed by atoms with Gasteiger partial charge >= 0.3 is 0 Å². The standard InChI is InChI=1S/C24H24BrN3OS/c1-4-16-8-9-20(30-16)21-17(13-26)23(27)28(15-7-5-6-14(25)10-15)18-11-24(2,3)12-19(29)22(18)21/h5-10,21H,4,11-12,27H2,1-3H3/t21-/m0/s1. The van der Waals surface area contributed by atoms with Gasteiger partial charge in [-0.2, -0.15) is 5.26 Å². The first kappa shape index (κ1) is 20.9. The third-order valence-corrected chi connectivity index (χ3v) is 7.55. The Kier molecular flexibility index (Phi) is 5.37. The number of benzene rings is 1. The molecule has 1 atom stereocenters. The van der Waals surface area contributed by atoms with E-state index in [1.807, 2.05) is 35.2 Å². The maximum Gasteiger partial charge on any atom is 0.162 e. The Morgan fingerprint density at radius 3 is 2.70 bits per heavy atom. The summed E-state index contributed by atoms with van der Waals surface area (Å²) in [7, 11) is 0. The lowest BCUT2D eigenvalue weighted by molar-refractivity contribution is -0.118. The van der Waals surface area contributed by atoms with Crippen LogP contribution in [0.25, 0.3) is 0 Å². The number of rotatable bonds is 3. The van der Waals surface area contributed by atoms with Crippen molar-refractivity contribution >= 4 is 38.7 Å². The Morgan fingerprint density at radius 1 is 1.30 bits per heavy atom. The minimum absolute atomic E-state index is 0.109. The fraction of sp³-hybridized carbons (Fsp3) is 0.333. The van der Waals surface area contributed by atoms with E-state index in [2.05, 4.69) is 48.8 Å². The number of Topliss-reactive ketones (excluding diaryl/α,β-unsaturated/α-hetero) is 1. The summed E-state index contributed by atoms with van der Waals surface area (Å²) < 4.78 is 0.919. The number of hydrogen-bond acceptors (Lipinski definition) is 5. The van der Waals surface area contributed by atoms with Gasteiger partial charge in [-0.05, 0) is 48.6 Å². The van der Waals surface area contributed by atoms with Crippen molar-refractivity contribution in [1.29, 1.82) is 5.26 Å². The molecule has 1 aliphatic heterocycles. The number of nitrogens with two attached hydrogens (primary N) is 1. The highest BCUT2D eigenvalue weighted by Crippen LogP contribution is 2.51. The molecule has 0 saturated carbocycles. The lowest BCUT2D eigenvalue weighted by Crippen LogP contribution is -2.42. The largest absolute Gasteiger partial charge is 0.384 e. The quantitative estimate of drug-likeness (QED) is 0.582. The Labute approximate surface area is 189 Å². The van der Waals surface area contributed by atoms with E-state index in [-0.39, 0.29) is 17.1 Å². The van der Waals surface area contributed by atoms with Gasteiger partial charge in [0, 0.05) is 37.6 Å². The number of thiophene rings is 1. The van der Waals surface area contributed by atoms with E-state index in [9.17, 15) is 10.1 Å². The van der Waals surface area contributed by atoms with Crippen LogP contribution in [0.4, 0.5) is 5.69 Å². The van der Waals surface area contributed by atoms with Gasteiger partial charge < -0.3 is 5.73 Å². The van der Waals surface area contributed by atoms with E-state index in [1.165, 1.54) is 4.88 Å². The average Bonchev–Trinajstić information content (AvgIpc) is 3.15. The van der Waals surface area contributed by atoms with Crippen molar-refractivity contribution in [1.82, 2.24) is 0 Å². The molecule has 6 heteroatoms. The van der Waals surface area contributed by atoms with Crippen LogP contribution in [0.2, 0.25) is 0 Å². The van der Waals surface area contributed by atoms with Gasteiger partial charge in [-0.1, -0.05) is 42.8 Å². The number of halogens is 1. The molecular weight excluding hydrogens is 458 g/mol. The second kappa shape index (κ2) is 7.72. The van der Waals surface area contributed by atoms with Crippen molar-refractivity contribution in [2.45, 2.75) is 46.0 Å². The molecule has 0 fully saturated rings. The minimum atomic E-state index is -0.387. The zero-order valence-electron chi connectivity index (χ0n) is 17.3. The first-order chi connectivity index (χ1) is 14.3. The fourth-order valence-corrected chi connectivity index (χ4v) is 5.90. The summed E-state index contributed by atoms with van der Waals surface area (Å²) in [5.41, 5.74) is 9.43. The van der Waals surface area contributed by atoms with Crippen LogP contribution in [-0.2, 0) is 11.2 Å². The first-order valence-electron chi connectivity index (χ1n) is 10.1. The lowest BCUT2D eigenvalue weighted by Gasteiger charge is -2.43. The molecule has 0 spiro atoms. The van der Waals surface area contributed by atoms with Gasteiger partial charge in [-0.3, -0.25) is 9.69 Å². The van der Waals surface area contributed by atoms with E-state index in [4.69, 9.17) is 5.73 Å². The molecule has 30 heavy (non-hydrogen) atoms. The summed E-state index contributed by atoms with van der Waals surface area (Å²) in [6, 6.07) is 14.3. The number of aryl methyl sites for hydroxylation is 1. The van der Waals surface area contributed by atoms with Crippen LogP contribution in [0.1, 0.15) is 49.3 Å². The monoisotopic (exact) mass is 481 g/mol. The summed E-state index contributed by atoms with van der Waals surface area (Å²) in [6.45, 7) is 6.34. The number of ketones is 1. The SMILES string of the molecule is CCc1ccc([C@@H]2C(C#N)=C(N)N(c3cccc(Br)c3)C3=C2C(=O)CC(C)(C)C3)s1. The molecule has 0 saturated heterocycles. The Morgan fingerprint density at radius 2 is 2.07 bits per heavy atom. The van der Waals surface area contributed by atoms with Crippen LogP contribution in [0.3, 0.4) is 0 Å². The number of allylic oxidation sites excluding steroid dienone is 3. The van der Waals surface area contributed by atoms with Crippen molar-refractivity contribution < 1.29 is 4.79 Å². The molecule has 4 rings (SSSR count). The number of nitrogens with zero attached hydrogens (tertiary/aromatic N) is 2. The van der Waals surface area contributed by atoms with Crippen molar-refractivity contribution in [3.63, 3.8) is 0 Å². The summed E-state index contributed by atoms with van der Waals surface area (Å²) in [5, 5.41) is 10.1. The number of carbonyl (C=O) groups is 1. The van der Waals surface area contributed by atoms with Crippen LogP contribution in [0.15, 0.2) is 63.5 Å². The fourth-order valence-electron chi connectivity index (χ4n) is 4.44. The van der Waals surface area contributed by atoms with E-state index in [0.29, 0.717) is 17.8 Å². The molecule has 2 N–H and O–H groups in total. The predicted molar refractivity (Wildman–Crippen MR) is 125 cm³/mol. The molecule has 1 aromatic carbocycles. The molecule has 0 radical (unpaired) electrons. The summed E-state index contributed by atoms with van der Waals surface area (Å²) in [6.07, 6.45) is 2.12. The first-order valence-corrected chi connectivity index (χ1v) is 11.7. The number of anilines is 1. The molecule has 0 amide bonds. The highest BCUT2D eigenvalue weighted by molar-refractivity contribution is 9.10. The maximum absolute atomic E-state index is 13.5. The Bertz CT molecular complexity index is 1140. The van der Waals surface area contributed by atoms with Crippen LogP contribution in [0, 0.1) is 16.7 Å². The maximum atomic E-state index is 13.5. The van der Waals surface area contributed by atoms with E-state index < -0.39 is 0 Å². The second-order valence-corrected chi connectivity index (χ2v) is 10.7. The van der Waals surface area contributed by atoms with Gasteiger partial charge in [0.15, 0.2) is 5.78 Å². The van der Waals surface area contributed by atoms with Gasteiger partial charge in [-0.15, -0.1) is 11.3 Å². The van der Waals surface area contributed by atoms with Crippen molar-refractivity contribution in [3.05, 3.63) is 73.3 Å². The number of hydrogen-bond donors (Lipinski definition) is 1. The third kappa shape index (κ3) is 3.51. The van der Waals surface area contributed by atoms with E-state index in [1.54, 1.807) is 11.3 Å². The zero-order chi connectivity index (χ0) is 21.6. The zero-order valence-corrected chi connectivity index (χ0v) is 19.7. The lowest BCUT2D eigenvalue weighted by atomic mass is 9.69. The number of carbonyl (C=O) groups excluding carboxylic acids is 1. The smallest absolute Gasteiger partial charge is 0.162 e. The summed E-state index contributed by atoms with van der Waals surface area (Å²) in [5.74, 6) is 0.136. The molecule has 1 aliphatic carbocycles. The van der Waals surface area contributed by atoms with E-state index in [0.717, 1.165) is 39.1 Å². The van der Waals surface area contributed by atoms with Crippen molar-refractivity contribution in [3.8, 4) is 6.07 Å².